The molecule has 0 heterocycles. The number of hydrogen-bond donors (Lipinski definition) is 1. The zero-order valence-corrected chi connectivity index (χ0v) is 15.7. The van der Waals surface area contributed by atoms with Crippen LogP contribution in [-0.2, 0) is 4.79 Å². The summed E-state index contributed by atoms with van der Waals surface area (Å²) in [6.45, 7) is 8.14. The van der Waals surface area contributed by atoms with E-state index in [0.29, 0.717) is 0 Å². The van der Waals surface area contributed by atoms with Gasteiger partial charge in [0.25, 0.3) is 5.91 Å². The molecule has 0 bridgehead atoms. The summed E-state index contributed by atoms with van der Waals surface area (Å²) >= 11 is 0. The second-order valence-electron chi connectivity index (χ2n) is 6.30. The molecule has 0 spiro atoms. The topological polar surface area (TPSA) is 47.6 Å². The second-order valence-corrected chi connectivity index (χ2v) is 6.30. The van der Waals surface area contributed by atoms with Gasteiger partial charge in [-0.2, -0.15) is 0 Å². The first-order chi connectivity index (χ1) is 11.9. The largest absolute Gasteiger partial charge is 0.497 e. The van der Waals surface area contributed by atoms with Crippen molar-refractivity contribution in [3.05, 3.63) is 58.7 Å². The summed E-state index contributed by atoms with van der Waals surface area (Å²) in [6.07, 6.45) is 0.806. The molecule has 0 fully saturated rings. The van der Waals surface area contributed by atoms with Gasteiger partial charge >= 0.3 is 0 Å². The molecule has 25 heavy (non-hydrogen) atoms. The summed E-state index contributed by atoms with van der Waals surface area (Å²) in [5, 5.41) is 3.03. The van der Waals surface area contributed by atoms with Crippen molar-refractivity contribution in [3.8, 4) is 11.5 Å². The number of methoxy groups -OCH3 is 1. The first-order valence-corrected chi connectivity index (χ1v) is 8.58. The molecule has 4 nitrogen and oxygen atoms in total. The lowest BCUT2D eigenvalue weighted by Crippen LogP contribution is -2.32. The van der Waals surface area contributed by atoms with Crippen LogP contribution in [0.5, 0.6) is 11.5 Å². The molecule has 0 aliphatic heterocycles. The number of amides is 1. The molecule has 4 heteroatoms. The van der Waals surface area contributed by atoms with E-state index >= 15 is 0 Å². The normalized spacial score (nSPS) is 11.7. The third kappa shape index (κ3) is 4.99. The zero-order chi connectivity index (χ0) is 18.4. The summed E-state index contributed by atoms with van der Waals surface area (Å²) in [5.74, 6) is 1.45. The second kappa shape index (κ2) is 8.56. The van der Waals surface area contributed by atoms with E-state index in [1.54, 1.807) is 7.11 Å². The highest BCUT2D eigenvalue weighted by Gasteiger charge is 2.14. The molecule has 134 valence electrons. The molecule has 0 radical (unpaired) electrons. The first kappa shape index (κ1) is 18.8. The van der Waals surface area contributed by atoms with Gasteiger partial charge in [0.15, 0.2) is 6.61 Å². The van der Waals surface area contributed by atoms with Gasteiger partial charge in [0.2, 0.25) is 0 Å². The van der Waals surface area contributed by atoms with Crippen LogP contribution < -0.4 is 14.8 Å². The molecule has 2 aromatic rings. The van der Waals surface area contributed by atoms with Gasteiger partial charge in [0.1, 0.15) is 11.5 Å². The number of rotatable bonds is 7. The van der Waals surface area contributed by atoms with Crippen molar-refractivity contribution in [2.75, 3.05) is 13.7 Å². The number of carbonyl (C=O) groups excluding carboxylic acids is 1. The third-order valence-electron chi connectivity index (χ3n) is 4.38. The fourth-order valence-electron chi connectivity index (χ4n) is 2.79. The minimum atomic E-state index is -0.124. The van der Waals surface area contributed by atoms with E-state index in [4.69, 9.17) is 9.47 Å². The van der Waals surface area contributed by atoms with Gasteiger partial charge in [0.05, 0.1) is 13.2 Å². The Labute approximate surface area is 150 Å². The van der Waals surface area contributed by atoms with Crippen molar-refractivity contribution in [2.45, 2.75) is 40.2 Å². The Balaban J connectivity index is 1.98. The Morgan fingerprint density at radius 2 is 1.80 bits per heavy atom. The maximum absolute atomic E-state index is 12.3. The van der Waals surface area contributed by atoms with E-state index in [1.807, 2.05) is 58.0 Å². The average Bonchev–Trinajstić information content (AvgIpc) is 2.61. The smallest absolute Gasteiger partial charge is 0.258 e. The molecule has 0 aromatic heterocycles. The summed E-state index contributed by atoms with van der Waals surface area (Å²) in [5.41, 5.74) is 4.42. The minimum Gasteiger partial charge on any atom is -0.497 e. The molecule has 0 unspecified atom stereocenters. The van der Waals surface area contributed by atoms with Crippen molar-refractivity contribution < 1.29 is 14.3 Å². The van der Waals surface area contributed by atoms with Gasteiger partial charge in [-0.3, -0.25) is 4.79 Å². The van der Waals surface area contributed by atoms with Gasteiger partial charge in [0, 0.05) is 0 Å². The Kier molecular flexibility index (Phi) is 6.45. The van der Waals surface area contributed by atoms with E-state index < -0.39 is 0 Å². The summed E-state index contributed by atoms with van der Waals surface area (Å²) in [7, 11) is 1.64. The van der Waals surface area contributed by atoms with E-state index in [2.05, 4.69) is 11.4 Å². The molecule has 1 N–H and O–H groups in total. The van der Waals surface area contributed by atoms with Crippen molar-refractivity contribution in [1.82, 2.24) is 5.32 Å². The Hall–Kier alpha value is -2.49. The van der Waals surface area contributed by atoms with Crippen LogP contribution in [0.15, 0.2) is 36.4 Å². The van der Waals surface area contributed by atoms with Crippen LogP contribution in [0.25, 0.3) is 0 Å². The standard InChI is InChI=1S/C21H27NO3/c1-6-19(17-7-9-18(24-5)10-8-17)22-21(23)13-25-20-12-14(2)11-15(3)16(20)4/h7-12,19H,6,13H2,1-5H3,(H,22,23)/t19-/m1/s1. The van der Waals surface area contributed by atoms with Crippen molar-refractivity contribution in [2.24, 2.45) is 0 Å². The predicted octanol–water partition coefficient (Wildman–Crippen LogP) is 4.27. The van der Waals surface area contributed by atoms with Crippen LogP contribution in [0.4, 0.5) is 0 Å². The number of hydrogen-bond acceptors (Lipinski definition) is 3. The molecule has 0 saturated heterocycles. The number of aryl methyl sites for hydroxylation is 2. The van der Waals surface area contributed by atoms with Crippen LogP contribution in [0, 0.1) is 20.8 Å². The van der Waals surface area contributed by atoms with E-state index in [9.17, 15) is 4.79 Å². The highest BCUT2D eigenvalue weighted by Crippen LogP contribution is 2.23. The van der Waals surface area contributed by atoms with Gasteiger partial charge in [-0.15, -0.1) is 0 Å². The lowest BCUT2D eigenvalue weighted by atomic mass is 10.0. The van der Waals surface area contributed by atoms with Crippen LogP contribution in [-0.4, -0.2) is 19.6 Å². The van der Waals surface area contributed by atoms with Crippen molar-refractivity contribution in [3.63, 3.8) is 0 Å². The fourth-order valence-corrected chi connectivity index (χ4v) is 2.79. The molecule has 2 aromatic carbocycles. The lowest BCUT2D eigenvalue weighted by molar-refractivity contribution is -0.123. The summed E-state index contributed by atoms with van der Waals surface area (Å²) in [6, 6.07) is 11.8. The molecule has 1 atom stereocenters. The molecular formula is C21H27NO3. The van der Waals surface area contributed by atoms with Gasteiger partial charge in [-0.25, -0.2) is 0 Å². The Morgan fingerprint density at radius 3 is 2.40 bits per heavy atom. The molecule has 2 rings (SSSR count). The van der Waals surface area contributed by atoms with Gasteiger partial charge in [-0.1, -0.05) is 25.1 Å². The lowest BCUT2D eigenvalue weighted by Gasteiger charge is -2.18. The number of ether oxygens (including phenoxy) is 2. The minimum absolute atomic E-state index is 0.0103. The summed E-state index contributed by atoms with van der Waals surface area (Å²) < 4.78 is 10.9. The third-order valence-corrected chi connectivity index (χ3v) is 4.38. The predicted molar refractivity (Wildman–Crippen MR) is 100 cm³/mol. The molecule has 1 amide bonds. The van der Waals surface area contributed by atoms with E-state index in [-0.39, 0.29) is 18.6 Å². The van der Waals surface area contributed by atoms with Gasteiger partial charge in [-0.05, 0) is 67.6 Å². The van der Waals surface area contributed by atoms with Crippen molar-refractivity contribution >= 4 is 5.91 Å². The first-order valence-electron chi connectivity index (χ1n) is 8.58. The van der Waals surface area contributed by atoms with Crippen LogP contribution >= 0.6 is 0 Å². The maximum Gasteiger partial charge on any atom is 0.258 e. The quantitative estimate of drug-likeness (QED) is 0.818. The molecule has 0 aliphatic rings. The van der Waals surface area contributed by atoms with Crippen molar-refractivity contribution in [1.29, 1.82) is 0 Å². The monoisotopic (exact) mass is 341 g/mol. The van der Waals surface area contributed by atoms with Crippen LogP contribution in [0.1, 0.15) is 41.6 Å². The molecule has 0 aliphatic carbocycles. The average molecular weight is 341 g/mol. The zero-order valence-electron chi connectivity index (χ0n) is 15.7. The SMILES string of the molecule is CC[C@@H](NC(=O)COc1cc(C)cc(C)c1C)c1ccc(OC)cc1. The van der Waals surface area contributed by atoms with Crippen LogP contribution in [0.2, 0.25) is 0 Å². The molecule has 0 saturated carbocycles. The number of carbonyl (C=O) groups is 1. The number of nitrogens with one attached hydrogen (secondary N) is 1. The highest BCUT2D eigenvalue weighted by atomic mass is 16.5. The maximum atomic E-state index is 12.3. The summed E-state index contributed by atoms with van der Waals surface area (Å²) in [4.78, 5) is 12.3. The van der Waals surface area contributed by atoms with E-state index in [1.165, 1.54) is 5.56 Å². The Bertz CT molecular complexity index is 723. The van der Waals surface area contributed by atoms with E-state index in [0.717, 1.165) is 34.6 Å². The van der Waals surface area contributed by atoms with Crippen LogP contribution in [0.3, 0.4) is 0 Å². The molecular weight excluding hydrogens is 314 g/mol. The van der Waals surface area contributed by atoms with Gasteiger partial charge < -0.3 is 14.8 Å². The highest BCUT2D eigenvalue weighted by molar-refractivity contribution is 5.78. The number of benzene rings is 2. The Morgan fingerprint density at radius 1 is 1.12 bits per heavy atom. The fraction of sp³-hybridized carbons (Fsp3) is 0.381.